The number of nitrogens with zero attached hydrogens (tertiary/aromatic N) is 2. The van der Waals surface area contributed by atoms with Crippen molar-refractivity contribution in [3.63, 3.8) is 0 Å². The Morgan fingerprint density at radius 1 is 1.24 bits per heavy atom. The van der Waals surface area contributed by atoms with Crippen LogP contribution >= 0.6 is 0 Å². The second kappa shape index (κ2) is 10.0. The summed E-state index contributed by atoms with van der Waals surface area (Å²) in [6.45, 7) is 1.48. The standard InChI is InChI=1S/C25H28FN3O4/c1-33-23-5-3-2-4-21(23)28-25(32)29-11-9-16(14-24(30)31)18(15-29)13-22-20-7-6-19(26)12-17(20)8-10-27-22/h2-7,12,16,18H,8-11,13-15H2,1H3,(H,28,32)(H,30,31)/t16-,18-/m0/s1. The number of piperidine rings is 1. The van der Waals surface area contributed by atoms with Crippen LogP contribution < -0.4 is 10.1 Å². The quantitative estimate of drug-likeness (QED) is 0.685. The molecule has 174 valence electrons. The van der Waals surface area contributed by atoms with Crippen LogP contribution in [0.2, 0.25) is 0 Å². The van der Waals surface area contributed by atoms with Crippen molar-refractivity contribution in [1.82, 2.24) is 4.90 Å². The molecule has 0 aliphatic carbocycles. The molecule has 2 atom stereocenters. The van der Waals surface area contributed by atoms with Crippen molar-refractivity contribution < 1.29 is 23.8 Å². The van der Waals surface area contributed by atoms with E-state index < -0.39 is 5.97 Å². The van der Waals surface area contributed by atoms with Crippen LogP contribution in [0.25, 0.3) is 0 Å². The third-order valence-corrected chi connectivity index (χ3v) is 6.48. The van der Waals surface area contributed by atoms with Gasteiger partial charge < -0.3 is 20.1 Å². The lowest BCUT2D eigenvalue weighted by atomic mass is 9.78. The highest BCUT2D eigenvalue weighted by Crippen LogP contribution is 2.33. The van der Waals surface area contributed by atoms with E-state index in [2.05, 4.69) is 10.3 Å². The van der Waals surface area contributed by atoms with Gasteiger partial charge in [-0.25, -0.2) is 9.18 Å². The smallest absolute Gasteiger partial charge is 0.321 e. The molecule has 33 heavy (non-hydrogen) atoms. The monoisotopic (exact) mass is 453 g/mol. The molecule has 0 unspecified atom stereocenters. The van der Waals surface area contributed by atoms with Crippen LogP contribution in [0.5, 0.6) is 5.75 Å². The van der Waals surface area contributed by atoms with Crippen molar-refractivity contribution in [1.29, 1.82) is 0 Å². The predicted octanol–water partition coefficient (Wildman–Crippen LogP) is 4.21. The highest BCUT2D eigenvalue weighted by atomic mass is 19.1. The van der Waals surface area contributed by atoms with Gasteiger partial charge >= 0.3 is 12.0 Å². The number of urea groups is 1. The van der Waals surface area contributed by atoms with Gasteiger partial charge in [0.2, 0.25) is 0 Å². The minimum Gasteiger partial charge on any atom is -0.495 e. The average Bonchev–Trinajstić information content (AvgIpc) is 2.80. The van der Waals surface area contributed by atoms with E-state index in [0.717, 1.165) is 16.8 Å². The van der Waals surface area contributed by atoms with Gasteiger partial charge in [-0.05, 0) is 72.6 Å². The first-order valence-electron chi connectivity index (χ1n) is 11.2. The third kappa shape index (κ3) is 5.32. The molecular formula is C25H28FN3O4. The van der Waals surface area contributed by atoms with E-state index in [-0.39, 0.29) is 30.1 Å². The van der Waals surface area contributed by atoms with Crippen LogP contribution in [0.1, 0.15) is 30.4 Å². The zero-order valence-corrected chi connectivity index (χ0v) is 18.6. The second-order valence-corrected chi connectivity index (χ2v) is 8.57. The Labute approximate surface area is 192 Å². The summed E-state index contributed by atoms with van der Waals surface area (Å²) in [6, 6.07) is 11.7. The summed E-state index contributed by atoms with van der Waals surface area (Å²) in [6.07, 6.45) is 1.89. The number of hydrogen-bond donors (Lipinski definition) is 2. The second-order valence-electron chi connectivity index (χ2n) is 8.57. The normalized spacial score (nSPS) is 19.9. The van der Waals surface area contributed by atoms with E-state index in [1.165, 1.54) is 6.07 Å². The number of anilines is 1. The SMILES string of the molecule is COc1ccccc1NC(=O)N1CC[C@@H](CC(=O)O)[C@@H](CC2=NCCc3cc(F)ccc32)C1. The minimum absolute atomic E-state index is 0.0518. The first-order chi connectivity index (χ1) is 15.9. The predicted molar refractivity (Wildman–Crippen MR) is 124 cm³/mol. The summed E-state index contributed by atoms with van der Waals surface area (Å²) in [7, 11) is 1.55. The fourth-order valence-corrected chi connectivity index (χ4v) is 4.80. The summed E-state index contributed by atoms with van der Waals surface area (Å²) in [5, 5.41) is 12.3. The van der Waals surface area contributed by atoms with Crippen molar-refractivity contribution in [2.24, 2.45) is 16.8 Å². The number of carboxylic acids is 1. The van der Waals surface area contributed by atoms with Crippen LogP contribution in [0.15, 0.2) is 47.5 Å². The zero-order valence-electron chi connectivity index (χ0n) is 18.6. The zero-order chi connectivity index (χ0) is 23.4. The number of benzene rings is 2. The molecule has 0 aromatic heterocycles. The summed E-state index contributed by atoms with van der Waals surface area (Å²) in [5.41, 5.74) is 3.30. The van der Waals surface area contributed by atoms with Gasteiger partial charge in [0.05, 0.1) is 12.8 Å². The number of likely N-dealkylation sites (tertiary alicyclic amines) is 1. The fourth-order valence-electron chi connectivity index (χ4n) is 4.80. The lowest BCUT2D eigenvalue weighted by Gasteiger charge is -2.38. The molecule has 4 rings (SSSR count). The van der Waals surface area contributed by atoms with Gasteiger partial charge in [0, 0.05) is 31.8 Å². The third-order valence-electron chi connectivity index (χ3n) is 6.48. The lowest BCUT2D eigenvalue weighted by molar-refractivity contribution is -0.138. The summed E-state index contributed by atoms with van der Waals surface area (Å²) >= 11 is 0. The Balaban J connectivity index is 1.51. The van der Waals surface area contributed by atoms with Crippen molar-refractivity contribution in [3.8, 4) is 5.75 Å². The first kappa shape index (κ1) is 22.8. The number of para-hydroxylation sites is 2. The van der Waals surface area contributed by atoms with Crippen LogP contribution in [0.4, 0.5) is 14.9 Å². The van der Waals surface area contributed by atoms with Gasteiger partial charge in [-0.3, -0.25) is 9.79 Å². The maximum Gasteiger partial charge on any atom is 0.321 e. The molecule has 0 saturated carbocycles. The van der Waals surface area contributed by atoms with E-state index >= 15 is 0 Å². The Hall–Kier alpha value is -3.42. The number of fused-ring (bicyclic) bond motifs is 1. The van der Waals surface area contributed by atoms with E-state index in [1.807, 2.05) is 12.1 Å². The number of aliphatic carboxylic acids is 1. The van der Waals surface area contributed by atoms with E-state index in [9.17, 15) is 19.1 Å². The van der Waals surface area contributed by atoms with Gasteiger partial charge in [0.25, 0.3) is 0 Å². The molecule has 8 heteroatoms. The van der Waals surface area contributed by atoms with Gasteiger partial charge in [-0.2, -0.15) is 0 Å². The number of ether oxygens (including phenoxy) is 1. The Morgan fingerprint density at radius 3 is 2.85 bits per heavy atom. The Bertz CT molecular complexity index is 1070. The number of nitrogens with one attached hydrogen (secondary N) is 1. The first-order valence-corrected chi connectivity index (χ1v) is 11.2. The van der Waals surface area contributed by atoms with E-state index in [0.29, 0.717) is 50.3 Å². The molecule has 0 radical (unpaired) electrons. The Morgan fingerprint density at radius 2 is 2.06 bits per heavy atom. The Kier molecular flexibility index (Phi) is 6.91. The highest BCUT2D eigenvalue weighted by Gasteiger charge is 2.34. The number of rotatable bonds is 6. The molecule has 2 aliphatic rings. The molecule has 2 N–H and O–H groups in total. The van der Waals surface area contributed by atoms with Gasteiger partial charge in [0.15, 0.2) is 0 Å². The number of amides is 2. The summed E-state index contributed by atoms with van der Waals surface area (Å²) < 4.78 is 19.0. The number of carboxylic acid groups (broad SMARTS) is 1. The van der Waals surface area contributed by atoms with Crippen LogP contribution in [-0.4, -0.2) is 54.5 Å². The molecule has 2 aromatic rings. The topological polar surface area (TPSA) is 91.2 Å². The number of halogens is 1. The maximum absolute atomic E-state index is 13.7. The summed E-state index contributed by atoms with van der Waals surface area (Å²) in [4.78, 5) is 30.9. The van der Waals surface area contributed by atoms with Crippen molar-refractivity contribution >= 4 is 23.4 Å². The lowest BCUT2D eigenvalue weighted by Crippen LogP contribution is -2.46. The molecule has 1 saturated heterocycles. The molecule has 7 nitrogen and oxygen atoms in total. The molecule has 1 fully saturated rings. The van der Waals surface area contributed by atoms with Crippen molar-refractivity contribution in [3.05, 3.63) is 59.4 Å². The highest BCUT2D eigenvalue weighted by molar-refractivity contribution is 6.02. The average molecular weight is 454 g/mol. The summed E-state index contributed by atoms with van der Waals surface area (Å²) in [5.74, 6) is -0.663. The molecule has 2 amide bonds. The van der Waals surface area contributed by atoms with Crippen LogP contribution in [-0.2, 0) is 11.2 Å². The van der Waals surface area contributed by atoms with Crippen LogP contribution in [0, 0.1) is 17.7 Å². The van der Waals surface area contributed by atoms with E-state index in [4.69, 9.17) is 4.74 Å². The number of aliphatic imine (C=N–C) groups is 1. The van der Waals surface area contributed by atoms with E-state index in [1.54, 1.807) is 36.3 Å². The van der Waals surface area contributed by atoms with Crippen LogP contribution in [0.3, 0.4) is 0 Å². The van der Waals surface area contributed by atoms with Gasteiger partial charge in [-0.15, -0.1) is 0 Å². The fraction of sp³-hybridized carbons (Fsp3) is 0.400. The maximum atomic E-state index is 13.7. The minimum atomic E-state index is -0.843. The molecular weight excluding hydrogens is 425 g/mol. The van der Waals surface area contributed by atoms with Gasteiger partial charge in [0.1, 0.15) is 11.6 Å². The molecule has 2 heterocycles. The number of carbonyl (C=O) groups excluding carboxylic acids is 1. The molecule has 0 spiro atoms. The van der Waals surface area contributed by atoms with Crippen molar-refractivity contribution in [2.45, 2.75) is 25.7 Å². The van der Waals surface area contributed by atoms with Gasteiger partial charge in [-0.1, -0.05) is 12.1 Å². The van der Waals surface area contributed by atoms with Crippen molar-refractivity contribution in [2.75, 3.05) is 32.1 Å². The molecule has 0 bridgehead atoms. The largest absolute Gasteiger partial charge is 0.495 e. The molecule has 2 aliphatic heterocycles. The molecule has 2 aromatic carbocycles. The number of hydrogen-bond acceptors (Lipinski definition) is 4. The number of methoxy groups -OCH3 is 1. The number of carbonyl (C=O) groups is 2.